The molecule has 0 atom stereocenters. The highest BCUT2D eigenvalue weighted by atomic mass is 16.7. The molecule has 0 N–H and O–H groups in total. The van der Waals surface area contributed by atoms with E-state index in [1.165, 1.54) is 7.11 Å². The maximum Gasteiger partial charge on any atom is 0.188 e. The lowest BCUT2D eigenvalue weighted by molar-refractivity contribution is 0.0488. The SMILES string of the molecule is COCOc1cc2c(OC)c3cccc(OCOC)c3c(OC)c2c(C=O)c1COC. The molecule has 0 saturated carbocycles. The maximum atomic E-state index is 12.3. The van der Waals surface area contributed by atoms with Crippen LogP contribution in [0.15, 0.2) is 24.3 Å². The van der Waals surface area contributed by atoms with Gasteiger partial charge in [0.15, 0.2) is 19.9 Å². The summed E-state index contributed by atoms with van der Waals surface area (Å²) in [6.45, 7) is 0.235. The van der Waals surface area contributed by atoms with E-state index in [0.29, 0.717) is 50.3 Å². The van der Waals surface area contributed by atoms with E-state index in [1.54, 1.807) is 34.5 Å². The van der Waals surface area contributed by atoms with E-state index in [-0.39, 0.29) is 20.2 Å². The van der Waals surface area contributed by atoms with Crippen molar-refractivity contribution in [3.05, 3.63) is 35.4 Å². The molecule has 8 heteroatoms. The van der Waals surface area contributed by atoms with Gasteiger partial charge in [0.05, 0.1) is 26.2 Å². The van der Waals surface area contributed by atoms with Gasteiger partial charge in [-0.25, -0.2) is 0 Å². The van der Waals surface area contributed by atoms with E-state index in [0.717, 1.165) is 11.7 Å². The van der Waals surface area contributed by atoms with Gasteiger partial charge in [-0.2, -0.15) is 0 Å². The molecule has 3 aromatic rings. The van der Waals surface area contributed by atoms with Crippen molar-refractivity contribution in [2.75, 3.05) is 49.1 Å². The predicted molar refractivity (Wildman–Crippen MR) is 116 cm³/mol. The number of ether oxygens (including phenoxy) is 7. The summed E-state index contributed by atoms with van der Waals surface area (Å²) in [6, 6.07) is 7.36. The second kappa shape index (κ2) is 10.3. The van der Waals surface area contributed by atoms with Crippen molar-refractivity contribution >= 4 is 27.8 Å². The lowest BCUT2D eigenvalue weighted by Gasteiger charge is -2.21. The third kappa shape index (κ3) is 4.10. The van der Waals surface area contributed by atoms with Crippen LogP contribution in [0.3, 0.4) is 0 Å². The van der Waals surface area contributed by atoms with Crippen molar-refractivity contribution in [3.8, 4) is 23.0 Å². The van der Waals surface area contributed by atoms with Gasteiger partial charge in [0.2, 0.25) is 0 Å². The summed E-state index contributed by atoms with van der Waals surface area (Å²) < 4.78 is 38.6. The van der Waals surface area contributed by atoms with Gasteiger partial charge in [0.25, 0.3) is 0 Å². The van der Waals surface area contributed by atoms with Crippen molar-refractivity contribution in [1.82, 2.24) is 0 Å². The fraction of sp³-hybridized carbons (Fsp3) is 0.348. The van der Waals surface area contributed by atoms with E-state index < -0.39 is 0 Å². The molecule has 0 spiro atoms. The van der Waals surface area contributed by atoms with E-state index in [4.69, 9.17) is 33.2 Å². The minimum absolute atomic E-state index is 0.0164. The summed E-state index contributed by atoms with van der Waals surface area (Å²) in [5.74, 6) is 2.05. The zero-order valence-electron chi connectivity index (χ0n) is 18.3. The quantitative estimate of drug-likeness (QED) is 0.257. The van der Waals surface area contributed by atoms with Crippen molar-refractivity contribution in [2.45, 2.75) is 6.61 Å². The van der Waals surface area contributed by atoms with Crippen LogP contribution in [0, 0.1) is 0 Å². The number of carbonyl (C=O) groups excluding carboxylic acids is 1. The van der Waals surface area contributed by atoms with Gasteiger partial charge in [-0.3, -0.25) is 4.79 Å². The molecule has 0 unspecified atom stereocenters. The van der Waals surface area contributed by atoms with Crippen LogP contribution in [-0.2, 0) is 20.8 Å². The second-order valence-corrected chi connectivity index (χ2v) is 6.59. The summed E-state index contributed by atoms with van der Waals surface area (Å²) >= 11 is 0. The normalized spacial score (nSPS) is 11.0. The highest BCUT2D eigenvalue weighted by Gasteiger charge is 2.25. The Balaban J connectivity index is 2.52. The molecule has 3 aromatic carbocycles. The summed E-state index contributed by atoms with van der Waals surface area (Å²) in [5.41, 5.74) is 0.959. The second-order valence-electron chi connectivity index (χ2n) is 6.59. The molecule has 0 aromatic heterocycles. The number of hydrogen-bond donors (Lipinski definition) is 0. The van der Waals surface area contributed by atoms with Crippen LogP contribution in [0.1, 0.15) is 15.9 Å². The number of carbonyl (C=O) groups is 1. The van der Waals surface area contributed by atoms with Crippen LogP contribution in [0.5, 0.6) is 23.0 Å². The average molecular weight is 430 g/mol. The Hall–Kier alpha value is -3.07. The summed E-state index contributed by atoms with van der Waals surface area (Å²) in [7, 11) is 7.74. The zero-order valence-corrected chi connectivity index (χ0v) is 18.3. The lowest BCUT2D eigenvalue weighted by atomic mass is 9.93. The van der Waals surface area contributed by atoms with Crippen molar-refractivity contribution in [1.29, 1.82) is 0 Å². The molecule has 8 nitrogen and oxygen atoms in total. The Morgan fingerprint density at radius 1 is 0.774 bits per heavy atom. The highest BCUT2D eigenvalue weighted by Crippen LogP contribution is 2.49. The lowest BCUT2D eigenvalue weighted by Crippen LogP contribution is -2.07. The smallest absolute Gasteiger partial charge is 0.188 e. The van der Waals surface area contributed by atoms with Gasteiger partial charge in [-0.15, -0.1) is 0 Å². The van der Waals surface area contributed by atoms with Crippen LogP contribution in [0.2, 0.25) is 0 Å². The molecule has 0 heterocycles. The summed E-state index contributed by atoms with van der Waals surface area (Å²) in [5, 5.41) is 2.66. The van der Waals surface area contributed by atoms with E-state index >= 15 is 0 Å². The first-order chi connectivity index (χ1) is 15.2. The average Bonchev–Trinajstić information content (AvgIpc) is 2.79. The van der Waals surface area contributed by atoms with Crippen molar-refractivity contribution < 1.29 is 38.0 Å². The standard InChI is InChI=1S/C23H26O8/c1-25-11-17-16(10-24)20-15(9-19(17)31-13-27-3)22(28-4)14-7-6-8-18(30-12-26-2)21(14)23(20)29-5/h6-10H,11-13H2,1-5H3. The largest absolute Gasteiger partial charge is 0.495 e. The Kier molecular flexibility index (Phi) is 7.51. The molecule has 3 rings (SSSR count). The first-order valence-electron chi connectivity index (χ1n) is 9.50. The van der Waals surface area contributed by atoms with E-state index in [2.05, 4.69) is 0 Å². The van der Waals surface area contributed by atoms with Crippen LogP contribution in [0.4, 0.5) is 0 Å². The van der Waals surface area contributed by atoms with Crippen LogP contribution >= 0.6 is 0 Å². The number of rotatable bonds is 11. The van der Waals surface area contributed by atoms with Gasteiger partial charge in [-0.05, 0) is 12.1 Å². The molecule has 0 aliphatic rings. The molecule has 31 heavy (non-hydrogen) atoms. The summed E-state index contributed by atoms with van der Waals surface area (Å²) in [6.07, 6.45) is 0.767. The third-order valence-electron chi connectivity index (χ3n) is 4.89. The minimum atomic E-state index is 0.0164. The monoisotopic (exact) mass is 430 g/mol. The molecule has 0 bridgehead atoms. The Bertz CT molecular complexity index is 1080. The van der Waals surface area contributed by atoms with Crippen LogP contribution < -0.4 is 18.9 Å². The number of benzene rings is 3. The number of fused-ring (bicyclic) bond motifs is 2. The first kappa shape index (κ1) is 22.6. The summed E-state index contributed by atoms with van der Waals surface area (Å²) in [4.78, 5) is 12.3. The molecule has 0 aliphatic heterocycles. The maximum absolute atomic E-state index is 12.3. The van der Waals surface area contributed by atoms with Crippen LogP contribution in [0.25, 0.3) is 21.5 Å². The van der Waals surface area contributed by atoms with Gasteiger partial charge in [0.1, 0.15) is 23.0 Å². The molecule has 0 radical (unpaired) electrons. The topological polar surface area (TPSA) is 81.7 Å². The predicted octanol–water partition coefficient (Wildman–Crippen LogP) is 3.93. The van der Waals surface area contributed by atoms with E-state index in [9.17, 15) is 4.79 Å². The Morgan fingerprint density at radius 2 is 1.45 bits per heavy atom. The van der Waals surface area contributed by atoms with Gasteiger partial charge in [0, 0.05) is 48.6 Å². The van der Waals surface area contributed by atoms with Crippen LogP contribution in [-0.4, -0.2) is 55.4 Å². The zero-order chi connectivity index (χ0) is 22.4. The minimum Gasteiger partial charge on any atom is -0.495 e. The van der Waals surface area contributed by atoms with Gasteiger partial charge < -0.3 is 33.2 Å². The molecular formula is C23H26O8. The molecule has 166 valence electrons. The Labute approximate surface area is 180 Å². The Morgan fingerprint density at radius 3 is 2.03 bits per heavy atom. The molecule has 0 amide bonds. The fourth-order valence-corrected chi connectivity index (χ4v) is 3.71. The molecule has 0 aliphatic carbocycles. The third-order valence-corrected chi connectivity index (χ3v) is 4.89. The fourth-order valence-electron chi connectivity index (χ4n) is 3.71. The van der Waals surface area contributed by atoms with E-state index in [1.807, 2.05) is 18.2 Å². The molecule has 0 fully saturated rings. The van der Waals surface area contributed by atoms with Crippen molar-refractivity contribution in [3.63, 3.8) is 0 Å². The molecule has 0 saturated heterocycles. The number of methoxy groups -OCH3 is 5. The molecular weight excluding hydrogens is 404 g/mol. The van der Waals surface area contributed by atoms with Crippen molar-refractivity contribution in [2.24, 2.45) is 0 Å². The number of aldehydes is 1. The number of hydrogen-bond acceptors (Lipinski definition) is 8. The first-order valence-corrected chi connectivity index (χ1v) is 9.50. The van der Waals surface area contributed by atoms with Gasteiger partial charge in [-0.1, -0.05) is 12.1 Å². The van der Waals surface area contributed by atoms with Gasteiger partial charge >= 0.3 is 0 Å². The highest BCUT2D eigenvalue weighted by molar-refractivity contribution is 6.18.